The summed E-state index contributed by atoms with van der Waals surface area (Å²) in [6, 6.07) is 10.1. The van der Waals surface area contributed by atoms with Gasteiger partial charge >= 0.3 is 0 Å². The summed E-state index contributed by atoms with van der Waals surface area (Å²) in [5.74, 6) is 0.793. The van der Waals surface area contributed by atoms with Crippen LogP contribution in [0.5, 0.6) is 0 Å². The van der Waals surface area contributed by atoms with Crippen LogP contribution in [0.25, 0.3) is 0 Å². The Labute approximate surface area is 144 Å². The van der Waals surface area contributed by atoms with Crippen molar-refractivity contribution in [2.75, 3.05) is 32.1 Å². The Morgan fingerprint density at radius 2 is 1.90 bits per heavy atom. The molecule has 0 aliphatic carbocycles. The van der Waals surface area contributed by atoms with Crippen molar-refractivity contribution in [3.05, 3.63) is 35.9 Å². The summed E-state index contributed by atoms with van der Waals surface area (Å²) in [6.45, 7) is 3.74. The van der Waals surface area contributed by atoms with Gasteiger partial charge in [0.15, 0.2) is 5.96 Å². The minimum Gasteiger partial charge on any atom is -0.357 e. The molecule has 0 bridgehead atoms. The number of aliphatic imine (C=N–C) groups is 1. The third-order valence-electron chi connectivity index (χ3n) is 2.68. The molecule has 0 aliphatic rings. The number of guanidine groups is 1. The minimum absolute atomic E-state index is 0. The van der Waals surface area contributed by atoms with Gasteiger partial charge in [-0.2, -0.15) is 0 Å². The molecule has 0 atom stereocenters. The van der Waals surface area contributed by atoms with Crippen LogP contribution in [-0.4, -0.2) is 51.4 Å². The lowest BCUT2D eigenvalue weighted by Gasteiger charge is -2.22. The van der Waals surface area contributed by atoms with E-state index in [2.05, 4.69) is 22.4 Å². The number of benzene rings is 1. The van der Waals surface area contributed by atoms with Crippen molar-refractivity contribution < 1.29 is 8.42 Å². The van der Waals surface area contributed by atoms with Crippen molar-refractivity contribution in [2.24, 2.45) is 4.99 Å². The number of nitrogens with zero attached hydrogens (tertiary/aromatic N) is 2. The van der Waals surface area contributed by atoms with Gasteiger partial charge in [-0.15, -0.1) is 24.0 Å². The highest BCUT2D eigenvalue weighted by Crippen LogP contribution is 2.02. The second-order valence-corrected chi connectivity index (χ2v) is 6.97. The summed E-state index contributed by atoms with van der Waals surface area (Å²) in [4.78, 5) is 6.33. The lowest BCUT2D eigenvalue weighted by Crippen LogP contribution is -2.38. The molecule has 1 N–H and O–H groups in total. The molecule has 0 heterocycles. The largest absolute Gasteiger partial charge is 0.357 e. The molecule has 1 aromatic rings. The van der Waals surface area contributed by atoms with Crippen molar-refractivity contribution in [3.63, 3.8) is 0 Å². The molecular formula is C14H24IN3O2S. The summed E-state index contributed by atoms with van der Waals surface area (Å²) in [6.07, 6.45) is 1.23. The number of hydrogen-bond donors (Lipinski definition) is 1. The minimum atomic E-state index is -2.97. The molecule has 120 valence electrons. The van der Waals surface area contributed by atoms with Crippen LogP contribution >= 0.6 is 24.0 Å². The van der Waals surface area contributed by atoms with Crippen LogP contribution in [0.2, 0.25) is 0 Å². The SMILES string of the molecule is CCNC(=NCCS(C)(=O)=O)N(C)Cc1ccccc1.I. The summed E-state index contributed by atoms with van der Waals surface area (Å²) in [5.41, 5.74) is 1.18. The highest BCUT2D eigenvalue weighted by Gasteiger charge is 2.07. The summed E-state index contributed by atoms with van der Waals surface area (Å²) in [5, 5.41) is 3.17. The number of nitrogens with one attached hydrogen (secondary N) is 1. The lowest BCUT2D eigenvalue weighted by molar-refractivity contribution is 0.477. The van der Waals surface area contributed by atoms with Crippen LogP contribution in [0, 0.1) is 0 Å². The predicted molar refractivity (Wildman–Crippen MR) is 99.0 cm³/mol. The number of sulfone groups is 1. The fourth-order valence-corrected chi connectivity index (χ4v) is 2.14. The Hall–Kier alpha value is -0.830. The van der Waals surface area contributed by atoms with E-state index in [4.69, 9.17) is 0 Å². The molecule has 0 amide bonds. The first-order valence-electron chi connectivity index (χ1n) is 6.63. The highest BCUT2D eigenvalue weighted by atomic mass is 127. The molecule has 21 heavy (non-hydrogen) atoms. The van der Waals surface area contributed by atoms with E-state index >= 15 is 0 Å². The van der Waals surface area contributed by atoms with Crippen LogP contribution in [0.4, 0.5) is 0 Å². The monoisotopic (exact) mass is 425 g/mol. The molecule has 1 rings (SSSR count). The fraction of sp³-hybridized carbons (Fsp3) is 0.500. The Kier molecular flexibility index (Phi) is 9.60. The summed E-state index contributed by atoms with van der Waals surface area (Å²) in [7, 11) is -1.03. The third kappa shape index (κ3) is 8.92. The van der Waals surface area contributed by atoms with Gasteiger partial charge in [0.1, 0.15) is 9.84 Å². The summed E-state index contributed by atoms with van der Waals surface area (Å²) >= 11 is 0. The highest BCUT2D eigenvalue weighted by molar-refractivity contribution is 14.0. The second-order valence-electron chi connectivity index (χ2n) is 4.71. The first kappa shape index (κ1) is 20.2. The number of halogens is 1. The molecule has 0 fully saturated rings. The molecular weight excluding hydrogens is 401 g/mol. The van der Waals surface area contributed by atoms with E-state index in [9.17, 15) is 8.42 Å². The zero-order chi connectivity index (χ0) is 15.0. The molecule has 0 aromatic heterocycles. The first-order chi connectivity index (χ1) is 9.42. The zero-order valence-electron chi connectivity index (χ0n) is 12.7. The van der Waals surface area contributed by atoms with Gasteiger partial charge in [-0.25, -0.2) is 8.42 Å². The molecule has 0 spiro atoms. The van der Waals surface area contributed by atoms with Crippen LogP contribution in [-0.2, 0) is 16.4 Å². The van der Waals surface area contributed by atoms with Crippen molar-refractivity contribution in [1.29, 1.82) is 0 Å². The van der Waals surface area contributed by atoms with Crippen LogP contribution in [0.1, 0.15) is 12.5 Å². The Morgan fingerprint density at radius 1 is 1.29 bits per heavy atom. The maximum atomic E-state index is 11.1. The van der Waals surface area contributed by atoms with Crippen molar-refractivity contribution in [2.45, 2.75) is 13.5 Å². The van der Waals surface area contributed by atoms with Gasteiger partial charge in [0.2, 0.25) is 0 Å². The molecule has 0 radical (unpaired) electrons. The third-order valence-corrected chi connectivity index (χ3v) is 3.61. The van der Waals surface area contributed by atoms with Crippen molar-refractivity contribution in [1.82, 2.24) is 10.2 Å². The normalized spacial score (nSPS) is 11.7. The molecule has 1 aromatic carbocycles. The first-order valence-corrected chi connectivity index (χ1v) is 8.69. The average Bonchev–Trinajstić information content (AvgIpc) is 2.37. The van der Waals surface area contributed by atoms with E-state index in [1.54, 1.807) is 0 Å². The Bertz CT molecular complexity index is 532. The maximum absolute atomic E-state index is 11.1. The van der Waals surface area contributed by atoms with Crippen molar-refractivity contribution >= 4 is 39.8 Å². The van der Waals surface area contributed by atoms with Gasteiger partial charge < -0.3 is 10.2 Å². The van der Waals surface area contributed by atoms with E-state index in [-0.39, 0.29) is 36.3 Å². The molecule has 0 saturated heterocycles. The molecule has 0 unspecified atom stereocenters. The molecule has 0 saturated carbocycles. The Balaban J connectivity index is 0.00000400. The van der Waals surface area contributed by atoms with Crippen molar-refractivity contribution in [3.8, 4) is 0 Å². The molecule has 7 heteroatoms. The Morgan fingerprint density at radius 3 is 2.43 bits per heavy atom. The van der Waals surface area contributed by atoms with Crippen LogP contribution < -0.4 is 5.32 Å². The van der Waals surface area contributed by atoms with E-state index in [0.717, 1.165) is 19.0 Å². The van der Waals surface area contributed by atoms with Gasteiger partial charge in [0.05, 0.1) is 12.3 Å². The van der Waals surface area contributed by atoms with Crippen LogP contribution in [0.15, 0.2) is 35.3 Å². The van der Waals surface area contributed by atoms with Gasteiger partial charge in [-0.05, 0) is 12.5 Å². The van der Waals surface area contributed by atoms with E-state index in [0.29, 0.717) is 0 Å². The van der Waals surface area contributed by atoms with Gasteiger partial charge in [0, 0.05) is 26.4 Å². The maximum Gasteiger partial charge on any atom is 0.193 e. The predicted octanol–water partition coefficient (Wildman–Crippen LogP) is 1.75. The topological polar surface area (TPSA) is 61.8 Å². The molecule has 5 nitrogen and oxygen atoms in total. The van der Waals surface area contributed by atoms with Crippen LogP contribution in [0.3, 0.4) is 0 Å². The smallest absolute Gasteiger partial charge is 0.193 e. The van der Waals surface area contributed by atoms with E-state index in [1.807, 2.05) is 37.1 Å². The zero-order valence-corrected chi connectivity index (χ0v) is 15.9. The standard InChI is InChI=1S/C14H23N3O2S.HI/c1-4-15-14(16-10-11-20(3,18)19)17(2)12-13-8-6-5-7-9-13;/h5-9H,4,10-12H2,1-3H3,(H,15,16);1H. The average molecular weight is 425 g/mol. The molecule has 0 aliphatic heterocycles. The van der Waals surface area contributed by atoms with Gasteiger partial charge in [0.25, 0.3) is 0 Å². The van der Waals surface area contributed by atoms with E-state index in [1.165, 1.54) is 11.8 Å². The van der Waals surface area contributed by atoms with Gasteiger partial charge in [-0.1, -0.05) is 30.3 Å². The number of rotatable bonds is 6. The lowest BCUT2D eigenvalue weighted by atomic mass is 10.2. The fourth-order valence-electron chi connectivity index (χ4n) is 1.72. The van der Waals surface area contributed by atoms with E-state index < -0.39 is 9.84 Å². The summed E-state index contributed by atoms with van der Waals surface area (Å²) < 4.78 is 22.3. The second kappa shape index (κ2) is 9.99. The number of hydrogen-bond acceptors (Lipinski definition) is 3. The van der Waals surface area contributed by atoms with Gasteiger partial charge in [-0.3, -0.25) is 4.99 Å². The quantitative estimate of drug-likeness (QED) is 0.429.